The Bertz CT molecular complexity index is 860. The summed E-state index contributed by atoms with van der Waals surface area (Å²) in [6.07, 6.45) is 3.33. The smallest absolute Gasteiger partial charge is 0.240 e. The number of sulfonamides is 1. The molecule has 0 spiro atoms. The molecule has 0 atom stereocenters. The Morgan fingerprint density at radius 3 is 2.78 bits per heavy atom. The predicted octanol–water partition coefficient (Wildman–Crippen LogP) is 3.28. The first kappa shape index (κ1) is 21.6. The second-order valence-electron chi connectivity index (χ2n) is 5.70. The molecule has 0 aliphatic carbocycles. The third-order valence-corrected chi connectivity index (χ3v) is 5.99. The van der Waals surface area contributed by atoms with Gasteiger partial charge in [0, 0.05) is 6.54 Å². The number of amides is 1. The van der Waals surface area contributed by atoms with E-state index in [9.17, 15) is 17.6 Å². The van der Waals surface area contributed by atoms with Gasteiger partial charge in [-0.15, -0.1) is 0 Å². The van der Waals surface area contributed by atoms with Crippen molar-refractivity contribution in [3.63, 3.8) is 0 Å². The molecule has 2 rings (SSSR count). The topological polar surface area (TPSA) is 79.6 Å². The van der Waals surface area contributed by atoms with Crippen molar-refractivity contribution in [3.05, 3.63) is 53.2 Å². The lowest BCUT2D eigenvalue weighted by atomic mass is 10.3. The van der Waals surface area contributed by atoms with Crippen LogP contribution in [0, 0.1) is 5.82 Å². The maximum Gasteiger partial charge on any atom is 0.240 e. The molecule has 0 unspecified atom stereocenters. The van der Waals surface area contributed by atoms with E-state index in [0.717, 1.165) is 40.3 Å². The van der Waals surface area contributed by atoms with Gasteiger partial charge in [0.2, 0.25) is 15.9 Å². The van der Waals surface area contributed by atoms with Crippen LogP contribution in [-0.2, 0) is 20.6 Å². The molecule has 0 bridgehead atoms. The number of carbonyl (C=O) groups is 1. The molecule has 2 aromatic rings. The maximum absolute atomic E-state index is 13.3. The first-order valence-electron chi connectivity index (χ1n) is 8.07. The quantitative estimate of drug-likeness (QED) is 0.580. The van der Waals surface area contributed by atoms with E-state index in [0.29, 0.717) is 6.54 Å². The Morgan fingerprint density at radius 1 is 1.37 bits per heavy atom. The molecule has 1 amide bonds. The van der Waals surface area contributed by atoms with E-state index in [1.807, 2.05) is 12.1 Å². The molecule has 148 valence electrons. The summed E-state index contributed by atoms with van der Waals surface area (Å²) in [6.45, 7) is 0.0199. The van der Waals surface area contributed by atoms with Gasteiger partial charge in [-0.2, -0.15) is 11.8 Å². The van der Waals surface area contributed by atoms with Crippen molar-refractivity contribution in [2.45, 2.75) is 12.2 Å². The normalized spacial score (nSPS) is 11.4. The molecule has 6 nitrogen and oxygen atoms in total. The number of carbonyl (C=O) groups excluding carboxylic acids is 1. The van der Waals surface area contributed by atoms with Crippen molar-refractivity contribution in [3.8, 4) is 0 Å². The van der Waals surface area contributed by atoms with Crippen molar-refractivity contribution < 1.29 is 22.0 Å². The highest BCUT2D eigenvalue weighted by atomic mass is 35.5. The average molecular weight is 435 g/mol. The highest BCUT2D eigenvalue weighted by Gasteiger charge is 2.21. The molecule has 1 N–H and O–H groups in total. The maximum atomic E-state index is 13.3. The third kappa shape index (κ3) is 7.08. The summed E-state index contributed by atoms with van der Waals surface area (Å²) in [5.41, 5.74) is 0.132. The van der Waals surface area contributed by atoms with Crippen LogP contribution in [-0.4, -0.2) is 39.4 Å². The van der Waals surface area contributed by atoms with Crippen LogP contribution < -0.4 is 9.62 Å². The summed E-state index contributed by atoms with van der Waals surface area (Å²) < 4.78 is 43.4. The minimum atomic E-state index is -3.73. The van der Waals surface area contributed by atoms with Crippen molar-refractivity contribution in [2.75, 3.05) is 29.4 Å². The number of thioether (sulfide) groups is 1. The number of nitrogens with zero attached hydrogens (tertiary/aromatic N) is 1. The van der Waals surface area contributed by atoms with Crippen molar-refractivity contribution in [1.82, 2.24) is 5.32 Å². The first-order chi connectivity index (χ1) is 12.8. The molecule has 0 saturated carbocycles. The van der Waals surface area contributed by atoms with Gasteiger partial charge in [0.1, 0.15) is 18.1 Å². The number of furan rings is 1. The second kappa shape index (κ2) is 10.0. The lowest BCUT2D eigenvalue weighted by Gasteiger charge is -2.22. The fraction of sp³-hybridized carbons (Fsp3) is 0.353. The summed E-state index contributed by atoms with van der Waals surface area (Å²) in [6, 6.07) is 7.23. The van der Waals surface area contributed by atoms with E-state index < -0.39 is 28.3 Å². The summed E-state index contributed by atoms with van der Waals surface area (Å²) in [4.78, 5) is 12.1. The Morgan fingerprint density at radius 2 is 2.15 bits per heavy atom. The van der Waals surface area contributed by atoms with E-state index >= 15 is 0 Å². The Hall–Kier alpha value is -1.71. The van der Waals surface area contributed by atoms with Crippen LogP contribution in [0.15, 0.2) is 41.0 Å². The van der Waals surface area contributed by atoms with Gasteiger partial charge in [-0.25, -0.2) is 12.8 Å². The number of halogens is 2. The van der Waals surface area contributed by atoms with Crippen LogP contribution in [0.5, 0.6) is 0 Å². The van der Waals surface area contributed by atoms with Gasteiger partial charge < -0.3 is 9.73 Å². The van der Waals surface area contributed by atoms with Gasteiger partial charge in [0.25, 0.3) is 0 Å². The molecular formula is C17H20ClFN2O4S2. The number of hydrogen-bond donors (Lipinski definition) is 1. The highest BCUT2D eigenvalue weighted by molar-refractivity contribution is 7.98. The Labute approximate surface area is 167 Å². The van der Waals surface area contributed by atoms with Crippen LogP contribution in [0.1, 0.15) is 12.2 Å². The molecule has 10 heteroatoms. The van der Waals surface area contributed by atoms with Crippen LogP contribution in [0.25, 0.3) is 0 Å². The molecule has 0 saturated heterocycles. The zero-order valence-electron chi connectivity index (χ0n) is 14.7. The monoisotopic (exact) mass is 434 g/mol. The van der Waals surface area contributed by atoms with E-state index in [1.54, 1.807) is 18.0 Å². The van der Waals surface area contributed by atoms with Crippen molar-refractivity contribution in [1.29, 1.82) is 0 Å². The van der Waals surface area contributed by atoms with Crippen LogP contribution in [0.3, 0.4) is 0 Å². The molecule has 1 aromatic carbocycles. The third-order valence-electron chi connectivity index (χ3n) is 3.49. The van der Waals surface area contributed by atoms with Gasteiger partial charge in [0.05, 0.1) is 29.0 Å². The fourth-order valence-electron chi connectivity index (χ4n) is 2.20. The Balaban J connectivity index is 1.80. The largest absolute Gasteiger partial charge is 0.468 e. The average Bonchev–Trinajstić information content (AvgIpc) is 3.11. The van der Waals surface area contributed by atoms with E-state index in [-0.39, 0.29) is 10.7 Å². The fourth-order valence-corrected chi connectivity index (χ4v) is 4.08. The van der Waals surface area contributed by atoms with Gasteiger partial charge in [0.15, 0.2) is 0 Å². The lowest BCUT2D eigenvalue weighted by Crippen LogP contribution is -2.40. The molecule has 0 fully saturated rings. The van der Waals surface area contributed by atoms with E-state index in [4.69, 9.17) is 16.0 Å². The minimum Gasteiger partial charge on any atom is -0.468 e. The van der Waals surface area contributed by atoms with Crippen LogP contribution in [0.2, 0.25) is 5.02 Å². The zero-order valence-corrected chi connectivity index (χ0v) is 17.0. The molecule has 0 aliphatic rings. The Kier molecular flexibility index (Phi) is 8.00. The lowest BCUT2D eigenvalue weighted by molar-refractivity contribution is -0.119. The number of nitrogens with one attached hydrogen (secondary N) is 1. The molecule has 0 radical (unpaired) electrons. The standard InChI is InChI=1S/C17H20ClFN2O4S2/c1-27(23,24)21(13-5-6-16(19)15(18)10-13)11-17(22)20-7-3-9-26-12-14-4-2-8-25-14/h2,4-6,8,10H,3,7,9,11-12H2,1H3,(H,20,22). The molecule has 1 heterocycles. The molecular weight excluding hydrogens is 415 g/mol. The van der Waals surface area contributed by atoms with Crippen LogP contribution >= 0.6 is 23.4 Å². The highest BCUT2D eigenvalue weighted by Crippen LogP contribution is 2.24. The van der Waals surface area contributed by atoms with Crippen LogP contribution in [0.4, 0.5) is 10.1 Å². The second-order valence-corrected chi connectivity index (χ2v) is 9.12. The molecule has 27 heavy (non-hydrogen) atoms. The van der Waals surface area contributed by atoms with E-state index in [2.05, 4.69) is 5.32 Å². The SMILES string of the molecule is CS(=O)(=O)N(CC(=O)NCCCSCc1ccco1)c1ccc(F)c(Cl)c1. The number of benzene rings is 1. The summed E-state index contributed by atoms with van der Waals surface area (Å²) in [5, 5.41) is 2.47. The molecule has 1 aromatic heterocycles. The number of rotatable bonds is 10. The number of hydrogen-bond acceptors (Lipinski definition) is 5. The molecule has 0 aliphatic heterocycles. The summed E-state index contributed by atoms with van der Waals surface area (Å²) >= 11 is 7.39. The van der Waals surface area contributed by atoms with E-state index in [1.165, 1.54) is 12.1 Å². The predicted molar refractivity (Wildman–Crippen MR) is 106 cm³/mol. The first-order valence-corrected chi connectivity index (χ1v) is 11.4. The van der Waals surface area contributed by atoms with Gasteiger partial charge in [-0.1, -0.05) is 11.6 Å². The van der Waals surface area contributed by atoms with Crippen molar-refractivity contribution >= 4 is 45.0 Å². The summed E-state index contributed by atoms with van der Waals surface area (Å²) in [5.74, 6) is 1.37. The minimum absolute atomic E-state index is 0.132. The summed E-state index contributed by atoms with van der Waals surface area (Å²) in [7, 11) is -3.73. The van der Waals surface area contributed by atoms with Crippen molar-refractivity contribution in [2.24, 2.45) is 0 Å². The zero-order chi connectivity index (χ0) is 19.9. The van der Waals surface area contributed by atoms with Gasteiger partial charge in [-0.3, -0.25) is 9.10 Å². The van der Waals surface area contributed by atoms with Gasteiger partial charge >= 0.3 is 0 Å². The van der Waals surface area contributed by atoms with Gasteiger partial charge in [-0.05, 0) is 42.5 Å². The number of anilines is 1.